The number of aromatic nitrogens is 3. The SMILES string of the molecule is CC(C)c1ccn(-c2cccnc2)n1. The van der Waals surface area contributed by atoms with E-state index in [9.17, 15) is 0 Å². The molecule has 0 saturated heterocycles. The summed E-state index contributed by atoms with van der Waals surface area (Å²) in [5.41, 5.74) is 2.10. The Balaban J connectivity index is 2.34. The predicted molar refractivity (Wildman–Crippen MR) is 55.4 cm³/mol. The molecule has 0 aliphatic carbocycles. The van der Waals surface area contributed by atoms with E-state index in [-0.39, 0.29) is 0 Å². The van der Waals surface area contributed by atoms with Crippen molar-refractivity contribution in [1.82, 2.24) is 14.8 Å². The second-order valence-electron chi connectivity index (χ2n) is 3.55. The van der Waals surface area contributed by atoms with E-state index in [0.29, 0.717) is 5.92 Å². The summed E-state index contributed by atoms with van der Waals surface area (Å²) in [5.74, 6) is 0.466. The minimum absolute atomic E-state index is 0.466. The fraction of sp³-hybridized carbons (Fsp3) is 0.273. The molecule has 14 heavy (non-hydrogen) atoms. The molecule has 0 N–H and O–H groups in total. The number of rotatable bonds is 2. The molecule has 0 aliphatic rings. The summed E-state index contributed by atoms with van der Waals surface area (Å²) < 4.78 is 1.85. The molecule has 0 aliphatic heterocycles. The summed E-state index contributed by atoms with van der Waals surface area (Å²) in [4.78, 5) is 4.05. The van der Waals surface area contributed by atoms with Gasteiger partial charge in [-0.25, -0.2) is 4.68 Å². The molecule has 2 aromatic rings. The van der Waals surface area contributed by atoms with Gasteiger partial charge in [0.25, 0.3) is 0 Å². The highest BCUT2D eigenvalue weighted by molar-refractivity contribution is 5.27. The summed E-state index contributed by atoms with van der Waals surface area (Å²) >= 11 is 0. The van der Waals surface area contributed by atoms with Crippen LogP contribution in [0, 0.1) is 0 Å². The van der Waals surface area contributed by atoms with Crippen LogP contribution in [0.2, 0.25) is 0 Å². The first-order valence-corrected chi connectivity index (χ1v) is 4.73. The smallest absolute Gasteiger partial charge is 0.0828 e. The highest BCUT2D eigenvalue weighted by Gasteiger charge is 2.03. The molecule has 0 spiro atoms. The number of hydrogen-bond acceptors (Lipinski definition) is 2. The van der Waals surface area contributed by atoms with Crippen LogP contribution in [0.15, 0.2) is 36.8 Å². The third kappa shape index (κ3) is 1.66. The van der Waals surface area contributed by atoms with Gasteiger partial charge in [0.2, 0.25) is 0 Å². The van der Waals surface area contributed by atoms with Crippen molar-refractivity contribution < 1.29 is 0 Å². The van der Waals surface area contributed by atoms with Crippen molar-refractivity contribution in [2.24, 2.45) is 0 Å². The first kappa shape index (κ1) is 8.94. The topological polar surface area (TPSA) is 30.7 Å². The lowest BCUT2D eigenvalue weighted by Gasteiger charge is -2.00. The van der Waals surface area contributed by atoms with Gasteiger partial charge in [0.05, 0.1) is 17.6 Å². The van der Waals surface area contributed by atoms with E-state index in [1.54, 1.807) is 12.4 Å². The Morgan fingerprint density at radius 1 is 1.29 bits per heavy atom. The summed E-state index contributed by atoms with van der Waals surface area (Å²) in [6, 6.07) is 5.94. The maximum absolute atomic E-state index is 4.46. The Bertz CT molecular complexity index is 403. The van der Waals surface area contributed by atoms with Crippen LogP contribution >= 0.6 is 0 Å². The Hall–Kier alpha value is -1.64. The molecule has 0 atom stereocenters. The van der Waals surface area contributed by atoms with Gasteiger partial charge in [-0.1, -0.05) is 13.8 Å². The van der Waals surface area contributed by atoms with Crippen molar-refractivity contribution in [2.45, 2.75) is 19.8 Å². The molecule has 2 aromatic heterocycles. The molecular formula is C11H13N3. The number of nitrogens with zero attached hydrogens (tertiary/aromatic N) is 3. The molecule has 72 valence electrons. The maximum Gasteiger partial charge on any atom is 0.0828 e. The van der Waals surface area contributed by atoms with E-state index >= 15 is 0 Å². The Labute approximate surface area is 83.4 Å². The quantitative estimate of drug-likeness (QED) is 0.722. The van der Waals surface area contributed by atoms with Crippen LogP contribution in [0.3, 0.4) is 0 Å². The highest BCUT2D eigenvalue weighted by Crippen LogP contribution is 2.12. The summed E-state index contributed by atoms with van der Waals surface area (Å²) in [5, 5.41) is 4.46. The monoisotopic (exact) mass is 187 g/mol. The average Bonchev–Trinajstić information content (AvgIpc) is 2.68. The largest absolute Gasteiger partial charge is 0.262 e. The first-order valence-electron chi connectivity index (χ1n) is 4.73. The van der Waals surface area contributed by atoms with E-state index in [1.165, 1.54) is 0 Å². The third-order valence-corrected chi connectivity index (χ3v) is 2.11. The van der Waals surface area contributed by atoms with Gasteiger partial charge in [0.15, 0.2) is 0 Å². The minimum Gasteiger partial charge on any atom is -0.262 e. The average molecular weight is 187 g/mol. The van der Waals surface area contributed by atoms with E-state index < -0.39 is 0 Å². The normalized spacial score (nSPS) is 10.8. The van der Waals surface area contributed by atoms with Crippen molar-refractivity contribution in [1.29, 1.82) is 0 Å². The van der Waals surface area contributed by atoms with Gasteiger partial charge in [-0.2, -0.15) is 5.10 Å². The Kier molecular flexibility index (Phi) is 2.31. The van der Waals surface area contributed by atoms with E-state index in [4.69, 9.17) is 0 Å². The predicted octanol–water partition coefficient (Wildman–Crippen LogP) is 2.39. The van der Waals surface area contributed by atoms with Crippen LogP contribution in [0.5, 0.6) is 0 Å². The minimum atomic E-state index is 0.466. The van der Waals surface area contributed by atoms with Crippen molar-refractivity contribution in [3.8, 4) is 5.69 Å². The second kappa shape index (κ2) is 3.62. The first-order chi connectivity index (χ1) is 6.77. The third-order valence-electron chi connectivity index (χ3n) is 2.11. The van der Waals surface area contributed by atoms with E-state index in [0.717, 1.165) is 11.4 Å². The number of hydrogen-bond donors (Lipinski definition) is 0. The van der Waals surface area contributed by atoms with Gasteiger partial charge in [-0.05, 0) is 24.1 Å². The van der Waals surface area contributed by atoms with Gasteiger partial charge in [0.1, 0.15) is 0 Å². The molecule has 0 unspecified atom stereocenters. The Morgan fingerprint density at radius 3 is 2.71 bits per heavy atom. The van der Waals surface area contributed by atoms with Crippen LogP contribution in [0.4, 0.5) is 0 Å². The summed E-state index contributed by atoms with van der Waals surface area (Å²) in [6.45, 7) is 4.27. The molecule has 0 radical (unpaired) electrons. The maximum atomic E-state index is 4.46. The molecule has 2 heterocycles. The van der Waals surface area contributed by atoms with Crippen LogP contribution < -0.4 is 0 Å². The summed E-state index contributed by atoms with van der Waals surface area (Å²) in [7, 11) is 0. The van der Waals surface area contributed by atoms with Crippen LogP contribution in [0.1, 0.15) is 25.5 Å². The molecule has 0 saturated carbocycles. The van der Waals surface area contributed by atoms with Crippen molar-refractivity contribution in [2.75, 3.05) is 0 Å². The van der Waals surface area contributed by atoms with Crippen molar-refractivity contribution >= 4 is 0 Å². The fourth-order valence-corrected chi connectivity index (χ4v) is 1.28. The zero-order valence-electron chi connectivity index (χ0n) is 8.38. The van der Waals surface area contributed by atoms with E-state index in [1.807, 2.05) is 29.1 Å². The Morgan fingerprint density at radius 2 is 2.14 bits per heavy atom. The molecule has 3 nitrogen and oxygen atoms in total. The van der Waals surface area contributed by atoms with Gasteiger partial charge in [-0.3, -0.25) is 4.98 Å². The molecular weight excluding hydrogens is 174 g/mol. The highest BCUT2D eigenvalue weighted by atomic mass is 15.3. The summed E-state index contributed by atoms with van der Waals surface area (Å²) in [6.07, 6.45) is 5.53. The van der Waals surface area contributed by atoms with E-state index in [2.05, 4.69) is 23.9 Å². The molecule has 2 rings (SSSR count). The van der Waals surface area contributed by atoms with Gasteiger partial charge in [0, 0.05) is 12.4 Å². The van der Waals surface area contributed by atoms with Gasteiger partial charge in [-0.15, -0.1) is 0 Å². The number of pyridine rings is 1. The molecule has 0 fully saturated rings. The lowest BCUT2D eigenvalue weighted by molar-refractivity contribution is 0.767. The second-order valence-corrected chi connectivity index (χ2v) is 3.55. The zero-order chi connectivity index (χ0) is 9.97. The molecule has 0 aromatic carbocycles. The zero-order valence-corrected chi connectivity index (χ0v) is 8.38. The fourth-order valence-electron chi connectivity index (χ4n) is 1.28. The van der Waals surface area contributed by atoms with Crippen molar-refractivity contribution in [3.05, 3.63) is 42.5 Å². The lowest BCUT2D eigenvalue weighted by Crippen LogP contribution is -1.97. The van der Waals surface area contributed by atoms with Gasteiger partial charge >= 0.3 is 0 Å². The molecule has 0 amide bonds. The standard InChI is InChI=1S/C11H13N3/c1-9(2)11-5-7-14(13-11)10-4-3-6-12-8-10/h3-9H,1-2H3. The molecule has 3 heteroatoms. The van der Waals surface area contributed by atoms with Crippen LogP contribution in [-0.4, -0.2) is 14.8 Å². The van der Waals surface area contributed by atoms with Gasteiger partial charge < -0.3 is 0 Å². The lowest BCUT2D eigenvalue weighted by atomic mass is 10.1. The van der Waals surface area contributed by atoms with Crippen molar-refractivity contribution in [3.63, 3.8) is 0 Å². The van der Waals surface area contributed by atoms with Crippen LogP contribution in [-0.2, 0) is 0 Å². The van der Waals surface area contributed by atoms with Crippen LogP contribution in [0.25, 0.3) is 5.69 Å². The molecule has 0 bridgehead atoms.